The van der Waals surface area contributed by atoms with Crippen LogP contribution in [0.4, 0.5) is 0 Å². The number of nitrogens with one attached hydrogen (secondary N) is 1. The Balaban J connectivity index is 2.10. The van der Waals surface area contributed by atoms with Gasteiger partial charge in [-0.2, -0.15) is 0 Å². The van der Waals surface area contributed by atoms with Crippen LogP contribution < -0.4 is 0 Å². The van der Waals surface area contributed by atoms with E-state index in [1.807, 2.05) is 36.4 Å². The zero-order valence-corrected chi connectivity index (χ0v) is 9.34. The lowest BCUT2D eigenvalue weighted by atomic mass is 10.0. The first-order valence-electron chi connectivity index (χ1n) is 5.63. The van der Waals surface area contributed by atoms with Gasteiger partial charge in [0.25, 0.3) is 0 Å². The number of aromatic nitrogens is 3. The Kier molecular flexibility index (Phi) is 1.80. The van der Waals surface area contributed by atoms with Crippen molar-refractivity contribution in [2.75, 3.05) is 0 Å². The Morgan fingerprint density at radius 3 is 3.00 bits per heavy atom. The molecule has 0 atom stereocenters. The summed E-state index contributed by atoms with van der Waals surface area (Å²) in [5.41, 5.74) is 4.48. The third-order valence-electron chi connectivity index (χ3n) is 3.07. The molecule has 4 rings (SSSR count). The van der Waals surface area contributed by atoms with Gasteiger partial charge in [-0.15, -0.1) is 5.10 Å². The normalized spacial score (nSPS) is 11.3. The second kappa shape index (κ2) is 3.43. The molecule has 18 heavy (non-hydrogen) atoms. The molecule has 0 amide bonds. The predicted molar refractivity (Wildman–Crippen MR) is 67.9 cm³/mol. The van der Waals surface area contributed by atoms with Crippen LogP contribution in [-0.4, -0.2) is 15.4 Å². The Bertz CT molecular complexity index is 844. The van der Waals surface area contributed by atoms with Gasteiger partial charge >= 0.3 is 0 Å². The molecular weight excluding hydrogens is 226 g/mol. The molecule has 0 aliphatic heterocycles. The average molecular weight is 234 g/mol. The van der Waals surface area contributed by atoms with Gasteiger partial charge in [-0.1, -0.05) is 30.3 Å². The van der Waals surface area contributed by atoms with E-state index >= 15 is 0 Å². The second-order valence-corrected chi connectivity index (χ2v) is 4.10. The minimum atomic E-state index is 0.686. The molecule has 2 aromatic carbocycles. The highest BCUT2D eigenvalue weighted by molar-refractivity contribution is 6.01. The molecular formula is C14H8N3O. The van der Waals surface area contributed by atoms with Crippen molar-refractivity contribution >= 4 is 22.0 Å². The van der Waals surface area contributed by atoms with Crippen molar-refractivity contribution in [1.29, 1.82) is 0 Å². The van der Waals surface area contributed by atoms with Gasteiger partial charge in [0.1, 0.15) is 5.52 Å². The van der Waals surface area contributed by atoms with Crippen molar-refractivity contribution in [2.24, 2.45) is 0 Å². The first-order valence-corrected chi connectivity index (χ1v) is 5.63. The van der Waals surface area contributed by atoms with Crippen LogP contribution in [-0.2, 0) is 0 Å². The van der Waals surface area contributed by atoms with Gasteiger partial charge in [0, 0.05) is 27.3 Å². The molecule has 0 spiro atoms. The van der Waals surface area contributed by atoms with E-state index in [1.54, 1.807) is 0 Å². The Labute approximate surface area is 102 Å². The summed E-state index contributed by atoms with van der Waals surface area (Å²) in [7, 11) is 0. The summed E-state index contributed by atoms with van der Waals surface area (Å²) in [6.45, 7) is 0. The van der Waals surface area contributed by atoms with Crippen molar-refractivity contribution < 1.29 is 4.52 Å². The number of nitrogens with zero attached hydrogens (tertiary/aromatic N) is 2. The van der Waals surface area contributed by atoms with Crippen LogP contribution in [0.25, 0.3) is 33.1 Å². The highest BCUT2D eigenvalue weighted by Gasteiger charge is 2.12. The molecule has 0 bridgehead atoms. The fraction of sp³-hybridized carbons (Fsp3) is 0. The molecule has 4 nitrogen and oxygen atoms in total. The summed E-state index contributed by atoms with van der Waals surface area (Å²) in [6.07, 6.45) is 3.18. The Hall–Kier alpha value is -2.62. The molecule has 0 unspecified atom stereocenters. The molecule has 1 radical (unpaired) electrons. The minimum Gasteiger partial charge on any atom is -0.353 e. The van der Waals surface area contributed by atoms with Crippen LogP contribution in [0.2, 0.25) is 0 Å². The van der Waals surface area contributed by atoms with Gasteiger partial charge in [0.15, 0.2) is 5.58 Å². The number of benzene rings is 2. The van der Waals surface area contributed by atoms with E-state index in [4.69, 9.17) is 4.52 Å². The number of hydrogen-bond donors (Lipinski definition) is 1. The number of fused-ring (bicyclic) bond motifs is 2. The molecule has 85 valence electrons. The second-order valence-electron chi connectivity index (χ2n) is 4.10. The molecule has 2 heterocycles. The molecule has 0 saturated heterocycles. The summed E-state index contributed by atoms with van der Waals surface area (Å²) in [5, 5.41) is 8.75. The molecule has 1 N–H and O–H groups in total. The van der Waals surface area contributed by atoms with Crippen LogP contribution in [0, 0.1) is 6.20 Å². The lowest BCUT2D eigenvalue weighted by molar-refractivity contribution is 0.424. The molecule has 0 aliphatic carbocycles. The Morgan fingerprint density at radius 1 is 1.06 bits per heavy atom. The maximum absolute atomic E-state index is 5.08. The van der Waals surface area contributed by atoms with Crippen molar-refractivity contribution in [3.8, 4) is 11.1 Å². The van der Waals surface area contributed by atoms with Gasteiger partial charge < -0.3 is 9.51 Å². The van der Waals surface area contributed by atoms with E-state index in [1.165, 1.54) is 0 Å². The van der Waals surface area contributed by atoms with E-state index in [2.05, 4.69) is 27.6 Å². The van der Waals surface area contributed by atoms with Crippen molar-refractivity contribution in [1.82, 2.24) is 15.4 Å². The maximum atomic E-state index is 5.08. The molecule has 0 fully saturated rings. The van der Waals surface area contributed by atoms with E-state index in [0.29, 0.717) is 5.58 Å². The summed E-state index contributed by atoms with van der Waals surface area (Å²) in [6, 6.07) is 13.9. The van der Waals surface area contributed by atoms with Crippen molar-refractivity contribution in [2.45, 2.75) is 0 Å². The molecule has 0 saturated carbocycles. The van der Waals surface area contributed by atoms with Crippen LogP contribution in [0.5, 0.6) is 0 Å². The number of rotatable bonds is 1. The van der Waals surface area contributed by atoms with Crippen LogP contribution in [0.15, 0.2) is 47.0 Å². The number of para-hydroxylation sites is 1. The highest BCUT2D eigenvalue weighted by atomic mass is 16.5. The average Bonchev–Trinajstić information content (AvgIpc) is 3.05. The van der Waals surface area contributed by atoms with Crippen LogP contribution >= 0.6 is 0 Å². The summed E-state index contributed by atoms with van der Waals surface area (Å²) in [5.74, 6) is 0. The largest absolute Gasteiger partial charge is 0.353 e. The zero-order chi connectivity index (χ0) is 11.9. The first-order chi connectivity index (χ1) is 8.93. The van der Waals surface area contributed by atoms with E-state index in [0.717, 1.165) is 27.5 Å². The fourth-order valence-corrected chi connectivity index (χ4v) is 2.23. The van der Waals surface area contributed by atoms with Gasteiger partial charge in [-0.25, -0.2) is 0 Å². The standard InChI is InChI=1S/C14H8N3O/c1-2-6-12-9(4-1)11(8-15-12)10-5-3-7-13-14(10)16-17-18-13/h1-7,15H. The first kappa shape index (κ1) is 9.41. The van der Waals surface area contributed by atoms with Gasteiger partial charge in [-0.05, 0) is 12.1 Å². The van der Waals surface area contributed by atoms with E-state index in [9.17, 15) is 0 Å². The Morgan fingerprint density at radius 2 is 2.00 bits per heavy atom. The molecule has 2 aromatic heterocycles. The third kappa shape index (κ3) is 1.20. The number of aromatic amines is 1. The number of H-pyrrole nitrogens is 1. The molecule has 4 aromatic rings. The van der Waals surface area contributed by atoms with Gasteiger partial charge in [0.05, 0.1) is 6.20 Å². The summed E-state index contributed by atoms with van der Waals surface area (Å²) in [4.78, 5) is 3.14. The lowest BCUT2D eigenvalue weighted by Crippen LogP contribution is -1.79. The fourth-order valence-electron chi connectivity index (χ4n) is 2.23. The van der Waals surface area contributed by atoms with E-state index < -0.39 is 0 Å². The van der Waals surface area contributed by atoms with Gasteiger partial charge in [-0.3, -0.25) is 0 Å². The van der Waals surface area contributed by atoms with Crippen molar-refractivity contribution in [3.05, 3.63) is 48.7 Å². The molecule has 0 aliphatic rings. The van der Waals surface area contributed by atoms with Gasteiger partial charge in [0.2, 0.25) is 0 Å². The monoisotopic (exact) mass is 234 g/mol. The van der Waals surface area contributed by atoms with Crippen LogP contribution in [0.3, 0.4) is 0 Å². The zero-order valence-electron chi connectivity index (χ0n) is 9.34. The minimum absolute atomic E-state index is 0.686. The number of hydrogen-bond acceptors (Lipinski definition) is 3. The maximum Gasteiger partial charge on any atom is 0.188 e. The van der Waals surface area contributed by atoms with Crippen LogP contribution in [0.1, 0.15) is 0 Å². The quantitative estimate of drug-likeness (QED) is 0.550. The van der Waals surface area contributed by atoms with E-state index in [-0.39, 0.29) is 0 Å². The smallest absolute Gasteiger partial charge is 0.188 e. The van der Waals surface area contributed by atoms with Crippen molar-refractivity contribution in [3.63, 3.8) is 0 Å². The molecule has 4 heteroatoms. The summed E-state index contributed by atoms with van der Waals surface area (Å²) >= 11 is 0. The SMILES string of the molecule is [c]1[nH]c2ccccc2c1-c1cccc2onnc12. The lowest BCUT2D eigenvalue weighted by Gasteiger charge is -1.98. The highest BCUT2D eigenvalue weighted by Crippen LogP contribution is 2.32. The topological polar surface area (TPSA) is 54.7 Å². The predicted octanol–water partition coefficient (Wildman–Crippen LogP) is 3.17. The summed E-state index contributed by atoms with van der Waals surface area (Å²) < 4.78 is 5.08. The third-order valence-corrected chi connectivity index (χ3v) is 3.07.